The Balaban J connectivity index is 1.82. The minimum Gasteiger partial charge on any atom is -0.441 e. The molecular formula is C14H18N2O4S. The molecule has 0 atom stereocenters. The van der Waals surface area contributed by atoms with E-state index in [9.17, 15) is 13.2 Å². The topological polar surface area (TPSA) is 75.7 Å². The fourth-order valence-corrected chi connectivity index (χ4v) is 3.47. The number of hydrogen-bond donors (Lipinski definition) is 1. The molecule has 0 aromatic heterocycles. The van der Waals surface area contributed by atoms with Crippen LogP contribution in [0.2, 0.25) is 0 Å². The molecule has 3 rings (SSSR count). The smallest absolute Gasteiger partial charge is 0.415 e. The number of nitrogens with zero attached hydrogens (tertiary/aromatic N) is 1. The van der Waals surface area contributed by atoms with Gasteiger partial charge in [-0.05, 0) is 37.4 Å². The van der Waals surface area contributed by atoms with Gasteiger partial charge in [0.25, 0.3) is 0 Å². The summed E-state index contributed by atoms with van der Waals surface area (Å²) in [4.78, 5) is 13.9. The van der Waals surface area contributed by atoms with Gasteiger partial charge in [0.15, 0.2) is 9.84 Å². The number of carbonyl (C=O) groups excluding carboxylic acids is 1. The first-order valence-corrected chi connectivity index (χ1v) is 8.80. The van der Waals surface area contributed by atoms with E-state index in [4.69, 9.17) is 4.74 Å². The molecule has 2 aliphatic heterocycles. The first-order chi connectivity index (χ1) is 9.90. The van der Waals surface area contributed by atoms with E-state index in [0.29, 0.717) is 12.2 Å². The van der Waals surface area contributed by atoms with Crippen LogP contribution < -0.4 is 10.2 Å². The van der Waals surface area contributed by atoms with E-state index in [1.165, 1.54) is 12.1 Å². The Kier molecular flexibility index (Phi) is 3.41. The first-order valence-electron chi connectivity index (χ1n) is 6.91. The molecule has 0 saturated carbocycles. The molecule has 21 heavy (non-hydrogen) atoms. The zero-order chi connectivity index (χ0) is 15.1. The van der Waals surface area contributed by atoms with Crippen molar-refractivity contribution in [3.8, 4) is 0 Å². The van der Waals surface area contributed by atoms with Gasteiger partial charge >= 0.3 is 6.09 Å². The highest BCUT2D eigenvalue weighted by Gasteiger charge is 2.46. The molecule has 6 nitrogen and oxygen atoms in total. The molecule has 1 spiro atoms. The van der Waals surface area contributed by atoms with Crippen molar-refractivity contribution in [3.05, 3.63) is 24.3 Å². The van der Waals surface area contributed by atoms with Crippen LogP contribution >= 0.6 is 0 Å². The Hall–Kier alpha value is -1.60. The number of rotatable bonds is 2. The van der Waals surface area contributed by atoms with Crippen LogP contribution in [0.15, 0.2) is 29.2 Å². The fraction of sp³-hybridized carbons (Fsp3) is 0.500. The van der Waals surface area contributed by atoms with Gasteiger partial charge in [-0.25, -0.2) is 13.2 Å². The Morgan fingerprint density at radius 2 is 1.81 bits per heavy atom. The number of ether oxygens (including phenoxy) is 1. The van der Waals surface area contributed by atoms with Gasteiger partial charge in [0.05, 0.1) is 11.4 Å². The van der Waals surface area contributed by atoms with Crippen LogP contribution in [0.3, 0.4) is 0 Å². The maximum atomic E-state index is 12.1. The number of anilines is 1. The third-order valence-electron chi connectivity index (χ3n) is 4.06. The largest absolute Gasteiger partial charge is 0.441 e. The van der Waals surface area contributed by atoms with E-state index in [1.54, 1.807) is 17.0 Å². The second kappa shape index (κ2) is 4.99. The van der Waals surface area contributed by atoms with Gasteiger partial charge in [-0.15, -0.1) is 0 Å². The van der Waals surface area contributed by atoms with Crippen molar-refractivity contribution in [2.45, 2.75) is 23.3 Å². The molecule has 2 saturated heterocycles. The minimum absolute atomic E-state index is 0.246. The Labute approximate surface area is 124 Å². The molecule has 0 unspecified atom stereocenters. The van der Waals surface area contributed by atoms with E-state index in [2.05, 4.69) is 5.32 Å². The summed E-state index contributed by atoms with van der Waals surface area (Å²) in [6.45, 7) is 2.20. The molecule has 1 aromatic carbocycles. The summed E-state index contributed by atoms with van der Waals surface area (Å²) < 4.78 is 28.5. The van der Waals surface area contributed by atoms with E-state index in [-0.39, 0.29) is 11.0 Å². The maximum Gasteiger partial charge on any atom is 0.415 e. The average Bonchev–Trinajstić information content (AvgIpc) is 2.75. The monoisotopic (exact) mass is 310 g/mol. The first kappa shape index (κ1) is 14.3. The van der Waals surface area contributed by atoms with Gasteiger partial charge in [0.2, 0.25) is 0 Å². The molecule has 0 aliphatic carbocycles. The molecule has 1 amide bonds. The zero-order valence-electron chi connectivity index (χ0n) is 11.8. The van der Waals surface area contributed by atoms with E-state index < -0.39 is 15.4 Å². The minimum atomic E-state index is -3.23. The van der Waals surface area contributed by atoms with Crippen molar-refractivity contribution < 1.29 is 17.9 Å². The van der Waals surface area contributed by atoms with E-state index in [1.807, 2.05) is 0 Å². The van der Waals surface area contributed by atoms with Gasteiger partial charge in [-0.3, -0.25) is 4.90 Å². The van der Waals surface area contributed by atoms with Crippen LogP contribution in [-0.4, -0.2) is 46.0 Å². The lowest BCUT2D eigenvalue weighted by Gasteiger charge is -2.31. The molecule has 7 heteroatoms. The molecule has 1 N–H and O–H groups in total. The molecular weight excluding hydrogens is 292 g/mol. The lowest BCUT2D eigenvalue weighted by molar-refractivity contribution is 0.0316. The van der Waals surface area contributed by atoms with Crippen molar-refractivity contribution in [1.82, 2.24) is 5.32 Å². The normalized spacial score (nSPS) is 21.6. The summed E-state index contributed by atoms with van der Waals surface area (Å²) in [5.74, 6) is 0. The van der Waals surface area contributed by atoms with Gasteiger partial charge in [-0.1, -0.05) is 0 Å². The third kappa shape index (κ3) is 2.75. The van der Waals surface area contributed by atoms with Gasteiger partial charge in [0, 0.05) is 24.8 Å². The van der Waals surface area contributed by atoms with Crippen molar-refractivity contribution in [3.63, 3.8) is 0 Å². The number of hydrogen-bond acceptors (Lipinski definition) is 5. The highest BCUT2D eigenvalue weighted by molar-refractivity contribution is 7.90. The molecule has 2 fully saturated rings. The zero-order valence-corrected chi connectivity index (χ0v) is 12.6. The number of nitrogens with one attached hydrogen (secondary N) is 1. The molecule has 2 aliphatic rings. The predicted octanol–water partition coefficient (Wildman–Crippen LogP) is 1.17. The van der Waals surface area contributed by atoms with Crippen LogP contribution in [0.4, 0.5) is 10.5 Å². The standard InChI is InChI=1S/C14H18N2O4S/c1-21(18,19)12-4-2-11(3-5-12)16-10-14(20-13(16)17)6-8-15-9-7-14/h2-5,15H,6-10H2,1H3. The van der Waals surface area contributed by atoms with Crippen LogP contribution in [0.5, 0.6) is 0 Å². The Bertz CT molecular complexity index is 648. The third-order valence-corrected chi connectivity index (χ3v) is 5.19. The maximum absolute atomic E-state index is 12.1. The van der Waals surface area contributed by atoms with Crippen LogP contribution in [0.1, 0.15) is 12.8 Å². The predicted molar refractivity (Wildman–Crippen MR) is 78.2 cm³/mol. The summed E-state index contributed by atoms with van der Waals surface area (Å²) in [7, 11) is -3.23. The molecule has 2 heterocycles. The fourth-order valence-electron chi connectivity index (χ4n) is 2.84. The number of benzene rings is 1. The highest BCUT2D eigenvalue weighted by Crippen LogP contribution is 2.34. The summed E-state index contributed by atoms with van der Waals surface area (Å²) in [6.07, 6.45) is 2.41. The SMILES string of the molecule is CS(=O)(=O)c1ccc(N2CC3(CCNCC3)OC2=O)cc1. The Morgan fingerprint density at radius 3 is 2.38 bits per heavy atom. The van der Waals surface area contributed by atoms with Crippen molar-refractivity contribution in [1.29, 1.82) is 0 Å². The van der Waals surface area contributed by atoms with E-state index >= 15 is 0 Å². The Morgan fingerprint density at radius 1 is 1.19 bits per heavy atom. The lowest BCUT2D eigenvalue weighted by Crippen LogP contribution is -2.44. The second-order valence-electron chi connectivity index (χ2n) is 5.65. The lowest BCUT2D eigenvalue weighted by atomic mass is 9.92. The highest BCUT2D eigenvalue weighted by atomic mass is 32.2. The molecule has 1 aromatic rings. The summed E-state index contributed by atoms with van der Waals surface area (Å²) in [5.41, 5.74) is 0.264. The van der Waals surface area contributed by atoms with Crippen molar-refractivity contribution in [2.24, 2.45) is 0 Å². The van der Waals surface area contributed by atoms with E-state index in [0.717, 1.165) is 32.2 Å². The van der Waals surface area contributed by atoms with Crippen LogP contribution in [-0.2, 0) is 14.6 Å². The molecule has 114 valence electrons. The quantitative estimate of drug-likeness (QED) is 0.887. The number of sulfone groups is 1. The van der Waals surface area contributed by atoms with Gasteiger partial charge < -0.3 is 10.1 Å². The summed E-state index contributed by atoms with van der Waals surface area (Å²) in [5, 5.41) is 3.25. The van der Waals surface area contributed by atoms with Crippen molar-refractivity contribution in [2.75, 3.05) is 30.8 Å². The second-order valence-corrected chi connectivity index (χ2v) is 7.67. The van der Waals surface area contributed by atoms with Crippen molar-refractivity contribution >= 4 is 21.6 Å². The average molecular weight is 310 g/mol. The number of amides is 1. The molecule has 0 bridgehead atoms. The molecule has 0 radical (unpaired) electrons. The van der Waals surface area contributed by atoms with Crippen LogP contribution in [0.25, 0.3) is 0 Å². The van der Waals surface area contributed by atoms with Crippen LogP contribution in [0, 0.1) is 0 Å². The number of piperidine rings is 1. The number of carbonyl (C=O) groups is 1. The van der Waals surface area contributed by atoms with Gasteiger partial charge in [-0.2, -0.15) is 0 Å². The van der Waals surface area contributed by atoms with Gasteiger partial charge in [0.1, 0.15) is 5.60 Å². The summed E-state index contributed by atoms with van der Waals surface area (Å²) in [6, 6.07) is 6.34. The summed E-state index contributed by atoms with van der Waals surface area (Å²) >= 11 is 0.